The summed E-state index contributed by atoms with van der Waals surface area (Å²) < 4.78 is 25.8. The van der Waals surface area contributed by atoms with E-state index in [0.717, 1.165) is 31.2 Å². The largest absolute Gasteiger partial charge is 0.349 e. The van der Waals surface area contributed by atoms with Crippen LogP contribution in [0.15, 0.2) is 47.4 Å². The van der Waals surface area contributed by atoms with E-state index in [2.05, 4.69) is 5.32 Å². The highest BCUT2D eigenvalue weighted by Crippen LogP contribution is 2.31. The van der Waals surface area contributed by atoms with Crippen LogP contribution in [0.1, 0.15) is 60.9 Å². The first-order valence-corrected chi connectivity index (χ1v) is 12.2. The van der Waals surface area contributed by atoms with E-state index in [1.807, 2.05) is 0 Å². The van der Waals surface area contributed by atoms with Crippen LogP contribution in [0.3, 0.4) is 0 Å². The first kappa shape index (κ1) is 21.7. The van der Waals surface area contributed by atoms with Gasteiger partial charge in [0.05, 0.1) is 27.9 Å². The van der Waals surface area contributed by atoms with Gasteiger partial charge in [0.25, 0.3) is 5.91 Å². The molecule has 5 nitrogen and oxygen atoms in total. The summed E-state index contributed by atoms with van der Waals surface area (Å²) in [6.07, 6.45) is 7.88. The van der Waals surface area contributed by atoms with Crippen molar-refractivity contribution in [2.75, 3.05) is 10.7 Å². The fraction of sp³-hybridized carbons (Fsp3) is 0.417. The van der Waals surface area contributed by atoms with Crippen molar-refractivity contribution in [2.45, 2.75) is 62.4 Å². The Morgan fingerprint density at radius 2 is 1.71 bits per heavy atom. The zero-order valence-electron chi connectivity index (χ0n) is 17.4. The molecule has 0 spiro atoms. The summed E-state index contributed by atoms with van der Waals surface area (Å²) >= 11 is 0. The Morgan fingerprint density at radius 1 is 1.03 bits per heavy atom. The monoisotopic (exact) mass is 442 g/mol. The van der Waals surface area contributed by atoms with Gasteiger partial charge in [0.2, 0.25) is 5.91 Å². The second-order valence-corrected chi connectivity index (χ2v) is 9.71. The van der Waals surface area contributed by atoms with Gasteiger partial charge in [-0.05, 0) is 48.7 Å². The van der Waals surface area contributed by atoms with Crippen LogP contribution in [-0.4, -0.2) is 27.8 Å². The number of benzene rings is 2. The van der Waals surface area contributed by atoms with Gasteiger partial charge in [0.15, 0.2) is 0 Å². The van der Waals surface area contributed by atoms with E-state index in [4.69, 9.17) is 0 Å². The van der Waals surface area contributed by atoms with Crippen LogP contribution in [0, 0.1) is 5.82 Å². The average Bonchev–Trinajstić information content (AvgIpc) is 2.74. The summed E-state index contributed by atoms with van der Waals surface area (Å²) in [5.74, 6) is -0.878. The summed E-state index contributed by atoms with van der Waals surface area (Å²) in [5, 5.41) is 3.14. The summed E-state index contributed by atoms with van der Waals surface area (Å²) in [6.45, 7) is 0.233. The molecule has 1 saturated carbocycles. The maximum absolute atomic E-state index is 13.2. The molecule has 2 aromatic rings. The molecule has 31 heavy (non-hydrogen) atoms. The fourth-order valence-electron chi connectivity index (χ4n) is 4.28. The van der Waals surface area contributed by atoms with Crippen LogP contribution in [0.4, 0.5) is 10.1 Å². The maximum atomic E-state index is 13.2. The minimum absolute atomic E-state index is 0.0954. The molecule has 1 N–H and O–H groups in total. The fourth-order valence-corrected chi connectivity index (χ4v) is 5.44. The Morgan fingerprint density at radius 3 is 2.42 bits per heavy atom. The number of amides is 2. The summed E-state index contributed by atoms with van der Waals surface area (Å²) in [4.78, 5) is 27.7. The van der Waals surface area contributed by atoms with Crippen molar-refractivity contribution in [2.24, 2.45) is 0 Å². The van der Waals surface area contributed by atoms with E-state index in [1.165, 1.54) is 36.3 Å². The number of fused-ring (bicyclic) bond motifs is 1. The van der Waals surface area contributed by atoms with Gasteiger partial charge in [-0.2, -0.15) is 0 Å². The first-order valence-electron chi connectivity index (χ1n) is 10.9. The molecule has 4 rings (SSSR count). The maximum Gasteiger partial charge on any atom is 0.251 e. The first-order chi connectivity index (χ1) is 15.0. The average molecular weight is 443 g/mol. The Hall–Kier alpha value is -2.54. The zero-order chi connectivity index (χ0) is 21.8. The lowest BCUT2D eigenvalue weighted by molar-refractivity contribution is -0.116. The molecule has 0 bridgehead atoms. The molecule has 1 heterocycles. The molecule has 1 fully saturated rings. The van der Waals surface area contributed by atoms with Crippen molar-refractivity contribution in [1.29, 1.82) is 0 Å². The normalized spacial score (nSPS) is 20.0. The lowest BCUT2D eigenvalue weighted by Gasteiger charge is -2.29. The number of hydrogen-bond donors (Lipinski definition) is 1. The third-order valence-electron chi connectivity index (χ3n) is 6.01. The van der Waals surface area contributed by atoms with Crippen LogP contribution in [0.2, 0.25) is 0 Å². The summed E-state index contributed by atoms with van der Waals surface area (Å²) in [5.41, 5.74) is 1.71. The molecule has 1 atom stereocenters. The number of nitrogens with one attached hydrogen (secondary N) is 1. The molecule has 0 unspecified atom stereocenters. The number of carbonyl (C=O) groups is 2. The smallest absolute Gasteiger partial charge is 0.251 e. The van der Waals surface area contributed by atoms with Crippen LogP contribution in [0.5, 0.6) is 0 Å². The number of nitrogens with zero attached hydrogens (tertiary/aromatic N) is 1. The second-order valence-electron chi connectivity index (χ2n) is 8.29. The predicted molar refractivity (Wildman–Crippen MR) is 119 cm³/mol. The highest BCUT2D eigenvalue weighted by Gasteiger charge is 2.30. The minimum Gasteiger partial charge on any atom is -0.349 e. The standard InChI is InChI=1S/C24H27FN2O3S/c25-19-11-8-17(9-12-19)15-27-21-14-18(10-13-22(21)31(30)16-23(27)28)24(29)26-20-6-4-2-1-3-5-7-20/h8-14,20H,1-7,15-16H2,(H,26,29)/t31-/m0/s1. The molecule has 0 saturated heterocycles. The highest BCUT2D eigenvalue weighted by atomic mass is 32.2. The molecule has 2 aromatic carbocycles. The summed E-state index contributed by atoms with van der Waals surface area (Å²) in [6, 6.07) is 11.1. The molecule has 164 valence electrons. The van der Waals surface area contributed by atoms with E-state index < -0.39 is 10.8 Å². The molecule has 2 aliphatic rings. The molecular weight excluding hydrogens is 415 g/mol. The molecule has 2 amide bonds. The van der Waals surface area contributed by atoms with Gasteiger partial charge < -0.3 is 10.2 Å². The van der Waals surface area contributed by atoms with E-state index in [9.17, 15) is 18.2 Å². The van der Waals surface area contributed by atoms with Crippen molar-refractivity contribution >= 4 is 28.3 Å². The van der Waals surface area contributed by atoms with Gasteiger partial charge in [-0.1, -0.05) is 44.2 Å². The van der Waals surface area contributed by atoms with E-state index in [0.29, 0.717) is 16.1 Å². The Labute approximate surface area is 184 Å². The molecular formula is C24H27FN2O3S. The predicted octanol–water partition coefficient (Wildman–Crippen LogP) is 4.32. The topological polar surface area (TPSA) is 66.5 Å². The third kappa shape index (κ3) is 5.21. The number of halogens is 1. The number of carbonyl (C=O) groups excluding carboxylic acids is 2. The van der Waals surface area contributed by atoms with Gasteiger partial charge in [-0.15, -0.1) is 0 Å². The van der Waals surface area contributed by atoms with Crippen molar-refractivity contribution in [3.63, 3.8) is 0 Å². The SMILES string of the molecule is O=C(NC1CCCCCCC1)c1ccc2c(c1)N(Cc1ccc(F)cc1)C(=O)C[S@@]2=O. The summed E-state index contributed by atoms with van der Waals surface area (Å²) in [7, 11) is -1.44. The van der Waals surface area contributed by atoms with Crippen molar-refractivity contribution in [1.82, 2.24) is 5.32 Å². The van der Waals surface area contributed by atoms with Crippen LogP contribution in [-0.2, 0) is 22.1 Å². The van der Waals surface area contributed by atoms with Crippen molar-refractivity contribution in [3.05, 3.63) is 59.4 Å². The Balaban J connectivity index is 1.57. The van der Waals surface area contributed by atoms with E-state index in [-0.39, 0.29) is 36.0 Å². The van der Waals surface area contributed by atoms with Gasteiger partial charge in [-0.3, -0.25) is 13.8 Å². The number of rotatable bonds is 4. The quantitative estimate of drug-likeness (QED) is 0.767. The van der Waals surface area contributed by atoms with Gasteiger partial charge in [-0.25, -0.2) is 4.39 Å². The zero-order valence-corrected chi connectivity index (χ0v) is 18.3. The van der Waals surface area contributed by atoms with Gasteiger partial charge in [0.1, 0.15) is 11.6 Å². The lowest BCUT2D eigenvalue weighted by atomic mass is 9.96. The van der Waals surface area contributed by atoms with Crippen molar-refractivity contribution < 1.29 is 18.2 Å². The highest BCUT2D eigenvalue weighted by molar-refractivity contribution is 7.86. The lowest BCUT2D eigenvalue weighted by Crippen LogP contribution is -2.39. The number of anilines is 1. The molecule has 1 aliphatic heterocycles. The van der Waals surface area contributed by atoms with E-state index >= 15 is 0 Å². The molecule has 0 aromatic heterocycles. The molecule has 7 heteroatoms. The Bertz CT molecular complexity index is 985. The molecule has 0 radical (unpaired) electrons. The van der Waals surface area contributed by atoms with E-state index in [1.54, 1.807) is 30.3 Å². The van der Waals surface area contributed by atoms with Crippen LogP contribution in [0.25, 0.3) is 0 Å². The van der Waals surface area contributed by atoms with Gasteiger partial charge >= 0.3 is 0 Å². The second kappa shape index (κ2) is 9.73. The van der Waals surface area contributed by atoms with Crippen LogP contribution >= 0.6 is 0 Å². The Kier molecular flexibility index (Phi) is 6.80. The van der Waals surface area contributed by atoms with Crippen LogP contribution < -0.4 is 10.2 Å². The number of hydrogen-bond acceptors (Lipinski definition) is 3. The van der Waals surface area contributed by atoms with Gasteiger partial charge in [0, 0.05) is 11.6 Å². The van der Waals surface area contributed by atoms with Crippen molar-refractivity contribution in [3.8, 4) is 0 Å². The minimum atomic E-state index is -1.44. The third-order valence-corrected chi connectivity index (χ3v) is 7.35. The molecule has 1 aliphatic carbocycles.